The van der Waals surface area contributed by atoms with E-state index in [2.05, 4.69) is 20.3 Å². The first-order valence-corrected chi connectivity index (χ1v) is 9.05. The second-order valence-electron chi connectivity index (χ2n) is 8.91. The Kier molecular flexibility index (Phi) is 3.05. The van der Waals surface area contributed by atoms with E-state index in [9.17, 15) is 5.11 Å². The van der Waals surface area contributed by atoms with Crippen LogP contribution in [0.3, 0.4) is 0 Å². The van der Waals surface area contributed by atoms with Crippen molar-refractivity contribution >= 4 is 0 Å². The van der Waals surface area contributed by atoms with Gasteiger partial charge >= 0.3 is 0 Å². The zero-order chi connectivity index (χ0) is 14.0. The van der Waals surface area contributed by atoms with Crippen molar-refractivity contribution < 1.29 is 5.11 Å². The molecule has 1 heteroatoms. The summed E-state index contributed by atoms with van der Waals surface area (Å²) in [5.74, 6) is 3.73. The molecule has 0 aliphatic heterocycles. The molecule has 113 valence electrons. The minimum absolute atomic E-state index is 0.00158. The molecule has 4 aliphatic rings. The molecule has 4 saturated carbocycles. The topological polar surface area (TPSA) is 20.2 Å². The van der Waals surface area contributed by atoms with Gasteiger partial charge < -0.3 is 5.11 Å². The van der Waals surface area contributed by atoms with Crippen LogP contribution in [0.25, 0.3) is 0 Å². The van der Waals surface area contributed by atoms with E-state index in [0.29, 0.717) is 10.8 Å². The molecule has 0 saturated heterocycles. The number of aliphatic hydroxyl groups excluding tert-OH is 1. The molecule has 1 radical (unpaired) electrons. The van der Waals surface area contributed by atoms with Crippen molar-refractivity contribution in [1.82, 2.24) is 0 Å². The standard InChI is InChI=1S/C19H31O/c1-18-9-3-4-16(18)15-6-5-13-12-14(20)7-11-19(13,2)17(15)8-10-18/h9,13-17,20H,3-8,10-12H2,1-2H3/t13-,14-,15+,16+,17+,18+,19+/m1/s1. The molecule has 4 rings (SSSR count). The second-order valence-corrected chi connectivity index (χ2v) is 8.91. The van der Waals surface area contributed by atoms with Crippen LogP contribution in [0.4, 0.5) is 0 Å². The van der Waals surface area contributed by atoms with Crippen molar-refractivity contribution in [2.45, 2.75) is 77.7 Å². The zero-order valence-electron chi connectivity index (χ0n) is 13.3. The maximum atomic E-state index is 10.0. The molecule has 7 atom stereocenters. The van der Waals surface area contributed by atoms with Gasteiger partial charge in [0.05, 0.1) is 6.10 Å². The summed E-state index contributed by atoms with van der Waals surface area (Å²) in [6.45, 7) is 5.13. The van der Waals surface area contributed by atoms with Crippen LogP contribution >= 0.6 is 0 Å². The van der Waals surface area contributed by atoms with E-state index < -0.39 is 0 Å². The average Bonchev–Trinajstić information content (AvgIpc) is 2.81. The van der Waals surface area contributed by atoms with Gasteiger partial charge in [0, 0.05) is 0 Å². The predicted molar refractivity (Wildman–Crippen MR) is 82.0 cm³/mol. The molecule has 0 heterocycles. The molecular weight excluding hydrogens is 244 g/mol. The van der Waals surface area contributed by atoms with Crippen molar-refractivity contribution in [3.8, 4) is 0 Å². The van der Waals surface area contributed by atoms with E-state index in [1.165, 1.54) is 44.9 Å². The third-order valence-electron chi connectivity index (χ3n) is 8.16. The van der Waals surface area contributed by atoms with Crippen LogP contribution in [0, 0.1) is 40.9 Å². The first-order valence-electron chi connectivity index (χ1n) is 9.05. The highest BCUT2D eigenvalue weighted by Gasteiger charge is 2.57. The van der Waals surface area contributed by atoms with Crippen molar-refractivity contribution in [2.24, 2.45) is 34.5 Å². The van der Waals surface area contributed by atoms with Gasteiger partial charge in [-0.05, 0) is 98.7 Å². The fourth-order valence-corrected chi connectivity index (χ4v) is 6.97. The number of rotatable bonds is 0. The lowest BCUT2D eigenvalue weighted by Crippen LogP contribution is -2.53. The summed E-state index contributed by atoms with van der Waals surface area (Å²) in [4.78, 5) is 0. The summed E-state index contributed by atoms with van der Waals surface area (Å²) in [6, 6.07) is 0. The minimum atomic E-state index is -0.00158. The summed E-state index contributed by atoms with van der Waals surface area (Å²) in [5.41, 5.74) is 1.12. The Hall–Kier alpha value is -0.0400. The number of hydrogen-bond acceptors (Lipinski definition) is 1. The molecule has 1 nitrogen and oxygen atoms in total. The smallest absolute Gasteiger partial charge is 0.0543 e. The van der Waals surface area contributed by atoms with Crippen LogP contribution in [0.1, 0.15) is 71.6 Å². The van der Waals surface area contributed by atoms with E-state index in [4.69, 9.17) is 0 Å². The van der Waals surface area contributed by atoms with E-state index in [-0.39, 0.29) is 6.10 Å². The summed E-state index contributed by atoms with van der Waals surface area (Å²) in [5, 5.41) is 10.0. The Labute approximate surface area is 124 Å². The molecule has 0 spiro atoms. The van der Waals surface area contributed by atoms with Gasteiger partial charge in [0.15, 0.2) is 0 Å². The molecule has 0 unspecified atom stereocenters. The zero-order valence-corrected chi connectivity index (χ0v) is 13.3. The van der Waals surface area contributed by atoms with Gasteiger partial charge in [-0.3, -0.25) is 0 Å². The minimum Gasteiger partial charge on any atom is -0.393 e. The Morgan fingerprint density at radius 1 is 0.950 bits per heavy atom. The van der Waals surface area contributed by atoms with Gasteiger partial charge in [-0.25, -0.2) is 0 Å². The van der Waals surface area contributed by atoms with Crippen molar-refractivity contribution in [2.75, 3.05) is 0 Å². The molecule has 20 heavy (non-hydrogen) atoms. The highest BCUT2D eigenvalue weighted by molar-refractivity contribution is 5.11. The number of fused-ring (bicyclic) bond motifs is 5. The highest BCUT2D eigenvalue weighted by atomic mass is 16.3. The Morgan fingerprint density at radius 2 is 1.80 bits per heavy atom. The van der Waals surface area contributed by atoms with Gasteiger partial charge in [0.25, 0.3) is 0 Å². The van der Waals surface area contributed by atoms with E-state index in [0.717, 1.165) is 36.5 Å². The monoisotopic (exact) mass is 275 g/mol. The van der Waals surface area contributed by atoms with Gasteiger partial charge in [-0.1, -0.05) is 13.8 Å². The maximum absolute atomic E-state index is 10.0. The Bertz CT molecular complexity index is 391. The van der Waals surface area contributed by atoms with Crippen LogP contribution in [0.15, 0.2) is 0 Å². The van der Waals surface area contributed by atoms with Crippen LogP contribution < -0.4 is 0 Å². The van der Waals surface area contributed by atoms with Gasteiger partial charge in [-0.15, -0.1) is 0 Å². The molecule has 1 N–H and O–H groups in total. The molecular formula is C19H31O. The Balaban J connectivity index is 1.62. The number of hydrogen-bond donors (Lipinski definition) is 1. The molecule has 4 aliphatic carbocycles. The lowest BCUT2D eigenvalue weighted by molar-refractivity contribution is -0.117. The van der Waals surface area contributed by atoms with Crippen molar-refractivity contribution in [3.05, 3.63) is 6.42 Å². The highest BCUT2D eigenvalue weighted by Crippen LogP contribution is 2.65. The number of aliphatic hydroxyl groups is 1. The van der Waals surface area contributed by atoms with Gasteiger partial charge in [0.2, 0.25) is 0 Å². The van der Waals surface area contributed by atoms with Crippen LogP contribution in [0.5, 0.6) is 0 Å². The SMILES string of the molecule is C[C@]12CC[C@@H](O)C[C@H]1CC[C@@H]1[C@@H]2CC[C@]2(C)[CH]CC[C@@H]12. The van der Waals surface area contributed by atoms with Crippen LogP contribution in [0.2, 0.25) is 0 Å². The first-order chi connectivity index (χ1) is 9.53. The normalized spacial score (nSPS) is 58.6. The third-order valence-corrected chi connectivity index (χ3v) is 8.16. The van der Waals surface area contributed by atoms with Crippen molar-refractivity contribution in [1.29, 1.82) is 0 Å². The van der Waals surface area contributed by atoms with Crippen molar-refractivity contribution in [3.63, 3.8) is 0 Å². The molecule has 4 fully saturated rings. The predicted octanol–water partition coefficient (Wildman–Crippen LogP) is 4.59. The average molecular weight is 275 g/mol. The Morgan fingerprint density at radius 3 is 2.65 bits per heavy atom. The summed E-state index contributed by atoms with van der Waals surface area (Å²) in [6.07, 6.45) is 14.6. The third kappa shape index (κ3) is 1.77. The molecule has 0 aromatic rings. The van der Waals surface area contributed by atoms with Gasteiger partial charge in [-0.2, -0.15) is 0 Å². The lowest BCUT2D eigenvalue weighted by Gasteiger charge is -2.60. The molecule has 0 bridgehead atoms. The lowest BCUT2D eigenvalue weighted by atomic mass is 9.45. The van der Waals surface area contributed by atoms with Crippen LogP contribution in [-0.4, -0.2) is 11.2 Å². The first kappa shape index (κ1) is 13.6. The van der Waals surface area contributed by atoms with E-state index >= 15 is 0 Å². The summed E-state index contributed by atoms with van der Waals surface area (Å²) in [7, 11) is 0. The summed E-state index contributed by atoms with van der Waals surface area (Å²) < 4.78 is 0. The molecule has 0 amide bonds. The molecule has 0 aromatic carbocycles. The van der Waals surface area contributed by atoms with Crippen LogP contribution in [-0.2, 0) is 0 Å². The largest absolute Gasteiger partial charge is 0.393 e. The quantitative estimate of drug-likeness (QED) is 0.685. The van der Waals surface area contributed by atoms with E-state index in [1.807, 2.05) is 0 Å². The maximum Gasteiger partial charge on any atom is 0.0543 e. The summed E-state index contributed by atoms with van der Waals surface area (Å²) >= 11 is 0. The fraction of sp³-hybridized carbons (Fsp3) is 0.947. The molecule has 0 aromatic heterocycles. The fourth-order valence-electron chi connectivity index (χ4n) is 6.97. The van der Waals surface area contributed by atoms with E-state index in [1.54, 1.807) is 0 Å². The second kappa shape index (κ2) is 4.48. The van der Waals surface area contributed by atoms with Gasteiger partial charge in [0.1, 0.15) is 0 Å².